The number of urea groups is 1. The molecule has 1 atom stereocenters. The fourth-order valence-corrected chi connectivity index (χ4v) is 3.26. The van der Waals surface area contributed by atoms with Crippen molar-refractivity contribution in [3.63, 3.8) is 0 Å². The third kappa shape index (κ3) is 3.92. The van der Waals surface area contributed by atoms with Crippen molar-refractivity contribution in [1.29, 1.82) is 0 Å². The Hall–Kier alpha value is -2.15. The van der Waals surface area contributed by atoms with E-state index in [1.807, 2.05) is 13.8 Å². The van der Waals surface area contributed by atoms with Gasteiger partial charge in [0.15, 0.2) is 0 Å². The second-order valence-corrected chi connectivity index (χ2v) is 7.03. The summed E-state index contributed by atoms with van der Waals surface area (Å²) in [6.07, 6.45) is 0.807. The van der Waals surface area contributed by atoms with Gasteiger partial charge in [0.25, 0.3) is 5.91 Å². The summed E-state index contributed by atoms with van der Waals surface area (Å²) in [6, 6.07) is 5.42. The molecule has 2 aliphatic rings. The predicted molar refractivity (Wildman–Crippen MR) is 90.8 cm³/mol. The van der Waals surface area contributed by atoms with Gasteiger partial charge in [-0.3, -0.25) is 4.79 Å². The standard InChI is InChI=1S/C18H24FN3O3/c1-18(2)15(7-12-25-18)20-17(24)22-10-8-21(9-11-22)16(23)13-3-5-14(19)6-4-13/h3-6,15H,7-12H2,1-2H3,(H,20,24). The van der Waals surface area contributed by atoms with E-state index < -0.39 is 0 Å². The molecule has 1 unspecified atom stereocenters. The van der Waals surface area contributed by atoms with Gasteiger partial charge in [0.1, 0.15) is 5.82 Å². The molecule has 0 saturated carbocycles. The number of hydrogen-bond donors (Lipinski definition) is 1. The van der Waals surface area contributed by atoms with Gasteiger partial charge in [-0.15, -0.1) is 0 Å². The minimum atomic E-state index is -0.364. The highest BCUT2D eigenvalue weighted by atomic mass is 19.1. The third-order valence-electron chi connectivity index (χ3n) is 4.96. The lowest BCUT2D eigenvalue weighted by Gasteiger charge is -2.36. The van der Waals surface area contributed by atoms with Crippen LogP contribution in [0.3, 0.4) is 0 Å². The number of benzene rings is 1. The number of carbonyl (C=O) groups excluding carboxylic acids is 2. The molecule has 3 rings (SSSR count). The lowest BCUT2D eigenvalue weighted by Crippen LogP contribution is -2.56. The number of nitrogens with one attached hydrogen (secondary N) is 1. The summed E-state index contributed by atoms with van der Waals surface area (Å²) in [5.41, 5.74) is 0.111. The lowest BCUT2D eigenvalue weighted by molar-refractivity contribution is 0.0220. The molecular weight excluding hydrogens is 325 g/mol. The zero-order chi connectivity index (χ0) is 18.0. The Bertz CT molecular complexity index is 639. The Labute approximate surface area is 146 Å². The van der Waals surface area contributed by atoms with E-state index in [1.54, 1.807) is 9.80 Å². The van der Waals surface area contributed by atoms with E-state index in [-0.39, 0.29) is 29.4 Å². The number of hydrogen-bond acceptors (Lipinski definition) is 3. The summed E-state index contributed by atoms with van der Waals surface area (Å²) < 4.78 is 18.6. The number of nitrogens with zero attached hydrogens (tertiary/aromatic N) is 2. The zero-order valence-electron chi connectivity index (χ0n) is 14.6. The van der Waals surface area contributed by atoms with Crippen molar-refractivity contribution in [1.82, 2.24) is 15.1 Å². The Morgan fingerprint density at radius 2 is 1.72 bits per heavy atom. The maximum absolute atomic E-state index is 13.0. The van der Waals surface area contributed by atoms with Gasteiger partial charge in [-0.1, -0.05) is 0 Å². The average Bonchev–Trinajstić information content (AvgIpc) is 2.93. The summed E-state index contributed by atoms with van der Waals surface area (Å²) in [4.78, 5) is 28.3. The van der Waals surface area contributed by atoms with Gasteiger partial charge in [0.2, 0.25) is 0 Å². The SMILES string of the molecule is CC1(C)OCCC1NC(=O)N1CCN(C(=O)c2ccc(F)cc2)CC1. The summed E-state index contributed by atoms with van der Waals surface area (Å²) in [5.74, 6) is -0.498. The molecule has 0 spiro atoms. The van der Waals surface area contributed by atoms with Crippen LogP contribution >= 0.6 is 0 Å². The molecule has 7 heteroatoms. The van der Waals surface area contributed by atoms with Crippen LogP contribution in [-0.2, 0) is 4.74 Å². The van der Waals surface area contributed by atoms with Crippen LogP contribution in [0.4, 0.5) is 9.18 Å². The van der Waals surface area contributed by atoms with E-state index in [9.17, 15) is 14.0 Å². The average molecular weight is 349 g/mol. The fraction of sp³-hybridized carbons (Fsp3) is 0.556. The molecule has 25 heavy (non-hydrogen) atoms. The summed E-state index contributed by atoms with van der Waals surface area (Å²) in [5, 5.41) is 3.04. The van der Waals surface area contributed by atoms with Crippen LogP contribution in [0.2, 0.25) is 0 Å². The minimum absolute atomic E-state index is 0.00104. The maximum atomic E-state index is 13.0. The first-order valence-electron chi connectivity index (χ1n) is 8.61. The summed E-state index contributed by atoms with van der Waals surface area (Å²) >= 11 is 0. The molecule has 2 fully saturated rings. The molecule has 0 aromatic heterocycles. The zero-order valence-corrected chi connectivity index (χ0v) is 14.6. The van der Waals surface area contributed by atoms with Gasteiger partial charge in [0, 0.05) is 38.3 Å². The first-order chi connectivity index (χ1) is 11.9. The second kappa shape index (κ2) is 7.00. The van der Waals surface area contributed by atoms with E-state index in [2.05, 4.69) is 5.32 Å². The molecule has 2 saturated heterocycles. The monoisotopic (exact) mass is 349 g/mol. The normalized spacial score (nSPS) is 22.8. The molecule has 0 radical (unpaired) electrons. The van der Waals surface area contributed by atoms with Crippen molar-refractivity contribution in [3.8, 4) is 0 Å². The number of halogens is 1. The van der Waals surface area contributed by atoms with Crippen LogP contribution in [0.5, 0.6) is 0 Å². The van der Waals surface area contributed by atoms with Crippen LogP contribution in [0.1, 0.15) is 30.6 Å². The highest BCUT2D eigenvalue weighted by molar-refractivity contribution is 5.94. The highest BCUT2D eigenvalue weighted by Crippen LogP contribution is 2.25. The number of carbonyl (C=O) groups is 2. The maximum Gasteiger partial charge on any atom is 0.317 e. The van der Waals surface area contributed by atoms with Gasteiger partial charge in [-0.05, 0) is 44.5 Å². The lowest BCUT2D eigenvalue weighted by atomic mass is 9.99. The fourth-order valence-electron chi connectivity index (χ4n) is 3.26. The molecule has 0 aliphatic carbocycles. The predicted octanol–water partition coefficient (Wildman–Crippen LogP) is 1.86. The van der Waals surface area contributed by atoms with Gasteiger partial charge in [-0.25, -0.2) is 9.18 Å². The van der Waals surface area contributed by atoms with E-state index in [1.165, 1.54) is 24.3 Å². The molecule has 3 amide bonds. The van der Waals surface area contributed by atoms with Crippen LogP contribution < -0.4 is 5.32 Å². The molecule has 0 bridgehead atoms. The molecular formula is C18H24FN3O3. The van der Waals surface area contributed by atoms with Crippen LogP contribution in [0.15, 0.2) is 24.3 Å². The van der Waals surface area contributed by atoms with Gasteiger partial charge in [0.05, 0.1) is 11.6 Å². The Balaban J connectivity index is 1.52. The highest BCUT2D eigenvalue weighted by Gasteiger charge is 2.37. The van der Waals surface area contributed by atoms with E-state index >= 15 is 0 Å². The van der Waals surface area contributed by atoms with Crippen LogP contribution in [0, 0.1) is 5.82 Å². The van der Waals surface area contributed by atoms with E-state index in [0.717, 1.165) is 6.42 Å². The number of rotatable bonds is 2. The molecule has 1 aromatic rings. The second-order valence-electron chi connectivity index (χ2n) is 7.03. The van der Waals surface area contributed by atoms with E-state index in [0.29, 0.717) is 38.3 Å². The largest absolute Gasteiger partial charge is 0.373 e. The topological polar surface area (TPSA) is 61.9 Å². The summed E-state index contributed by atoms with van der Waals surface area (Å²) in [7, 11) is 0. The van der Waals surface area contributed by atoms with E-state index in [4.69, 9.17) is 4.74 Å². The molecule has 1 aromatic carbocycles. The van der Waals surface area contributed by atoms with Crippen molar-refractivity contribution in [3.05, 3.63) is 35.6 Å². The van der Waals surface area contributed by atoms with Gasteiger partial charge >= 0.3 is 6.03 Å². The molecule has 6 nitrogen and oxygen atoms in total. The van der Waals surface area contributed by atoms with Crippen molar-refractivity contribution in [2.75, 3.05) is 32.8 Å². The van der Waals surface area contributed by atoms with Gasteiger partial charge in [-0.2, -0.15) is 0 Å². The smallest absolute Gasteiger partial charge is 0.317 e. The Morgan fingerprint density at radius 1 is 1.12 bits per heavy atom. The molecule has 2 heterocycles. The quantitative estimate of drug-likeness (QED) is 0.887. The number of piperazine rings is 1. The molecule has 2 aliphatic heterocycles. The van der Waals surface area contributed by atoms with Crippen molar-refractivity contribution >= 4 is 11.9 Å². The van der Waals surface area contributed by atoms with Gasteiger partial charge < -0.3 is 19.9 Å². The third-order valence-corrected chi connectivity index (χ3v) is 4.96. The summed E-state index contributed by atoms with van der Waals surface area (Å²) in [6.45, 7) is 6.49. The molecule has 136 valence electrons. The van der Waals surface area contributed by atoms with Crippen LogP contribution in [-0.4, -0.2) is 66.2 Å². The minimum Gasteiger partial charge on any atom is -0.373 e. The number of amides is 3. The first-order valence-corrected chi connectivity index (χ1v) is 8.61. The molecule has 1 N–H and O–H groups in total. The Kier molecular flexibility index (Phi) is 4.94. The Morgan fingerprint density at radius 3 is 2.28 bits per heavy atom. The first kappa shape index (κ1) is 17.7. The number of ether oxygens (including phenoxy) is 1. The van der Waals surface area contributed by atoms with Crippen molar-refractivity contribution in [2.24, 2.45) is 0 Å². The van der Waals surface area contributed by atoms with Crippen molar-refractivity contribution in [2.45, 2.75) is 31.9 Å². The van der Waals surface area contributed by atoms with Crippen LogP contribution in [0.25, 0.3) is 0 Å². The van der Waals surface area contributed by atoms with Crippen molar-refractivity contribution < 1.29 is 18.7 Å².